The predicted molar refractivity (Wildman–Crippen MR) is 78.3 cm³/mol. The average Bonchev–Trinajstić information content (AvgIpc) is 2.46. The fourth-order valence-corrected chi connectivity index (χ4v) is 2.62. The molecule has 1 aromatic heterocycles. The van der Waals surface area contributed by atoms with Crippen LogP contribution in [-0.2, 0) is 0 Å². The zero-order valence-electron chi connectivity index (χ0n) is 11.9. The summed E-state index contributed by atoms with van der Waals surface area (Å²) < 4.78 is 0. The largest absolute Gasteiger partial charge is 0.392 e. The van der Waals surface area contributed by atoms with Gasteiger partial charge in [-0.2, -0.15) is 5.26 Å². The van der Waals surface area contributed by atoms with E-state index in [2.05, 4.69) is 21.3 Å². The van der Waals surface area contributed by atoms with Crippen molar-refractivity contribution in [3.8, 4) is 6.07 Å². The molecule has 20 heavy (non-hydrogen) atoms. The number of pyridine rings is 1. The molecule has 1 aromatic rings. The Morgan fingerprint density at radius 1 is 1.55 bits per heavy atom. The van der Waals surface area contributed by atoms with E-state index in [0.717, 1.165) is 39.0 Å². The van der Waals surface area contributed by atoms with Gasteiger partial charge >= 0.3 is 0 Å². The molecule has 0 bridgehead atoms. The zero-order valence-corrected chi connectivity index (χ0v) is 11.9. The van der Waals surface area contributed by atoms with Gasteiger partial charge in [0.1, 0.15) is 11.9 Å². The number of piperidine rings is 1. The molecule has 1 aliphatic rings. The van der Waals surface area contributed by atoms with E-state index in [-0.39, 0.29) is 6.10 Å². The number of nitriles is 1. The van der Waals surface area contributed by atoms with E-state index in [1.807, 2.05) is 6.92 Å². The van der Waals surface area contributed by atoms with Crippen LogP contribution in [0.2, 0.25) is 0 Å². The average molecular weight is 274 g/mol. The second kappa shape index (κ2) is 7.22. The SMILES string of the molecule is CC(O)CN1CCC(CNc2ncccc2C#N)CC1. The van der Waals surface area contributed by atoms with Crippen molar-refractivity contribution >= 4 is 5.82 Å². The summed E-state index contributed by atoms with van der Waals surface area (Å²) in [4.78, 5) is 6.52. The molecule has 0 aromatic carbocycles. The molecule has 5 nitrogen and oxygen atoms in total. The summed E-state index contributed by atoms with van der Waals surface area (Å²) >= 11 is 0. The smallest absolute Gasteiger partial charge is 0.143 e. The van der Waals surface area contributed by atoms with Crippen molar-refractivity contribution in [1.29, 1.82) is 5.26 Å². The quantitative estimate of drug-likeness (QED) is 0.850. The van der Waals surface area contributed by atoms with E-state index in [1.54, 1.807) is 18.3 Å². The monoisotopic (exact) mass is 274 g/mol. The van der Waals surface area contributed by atoms with Gasteiger partial charge in [0.25, 0.3) is 0 Å². The molecule has 1 atom stereocenters. The molecule has 0 amide bonds. The summed E-state index contributed by atoms with van der Waals surface area (Å²) in [5.74, 6) is 1.29. The topological polar surface area (TPSA) is 72.2 Å². The number of nitrogens with zero attached hydrogens (tertiary/aromatic N) is 3. The van der Waals surface area contributed by atoms with Crippen LogP contribution < -0.4 is 5.32 Å². The molecule has 108 valence electrons. The molecule has 0 aliphatic carbocycles. The second-order valence-corrected chi connectivity index (χ2v) is 5.49. The van der Waals surface area contributed by atoms with Gasteiger partial charge in [0.2, 0.25) is 0 Å². The van der Waals surface area contributed by atoms with Gasteiger partial charge in [0.15, 0.2) is 0 Å². The third kappa shape index (κ3) is 4.19. The minimum absolute atomic E-state index is 0.253. The maximum atomic E-state index is 9.39. The second-order valence-electron chi connectivity index (χ2n) is 5.49. The van der Waals surface area contributed by atoms with Crippen molar-refractivity contribution in [2.45, 2.75) is 25.9 Å². The van der Waals surface area contributed by atoms with Crippen molar-refractivity contribution in [3.63, 3.8) is 0 Å². The van der Waals surface area contributed by atoms with Crippen molar-refractivity contribution < 1.29 is 5.11 Å². The zero-order chi connectivity index (χ0) is 14.4. The Kier molecular flexibility index (Phi) is 5.33. The van der Waals surface area contributed by atoms with E-state index in [1.165, 1.54) is 0 Å². The lowest BCUT2D eigenvalue weighted by Gasteiger charge is -2.32. The van der Waals surface area contributed by atoms with Crippen LogP contribution >= 0.6 is 0 Å². The first-order chi connectivity index (χ1) is 9.69. The standard InChI is InChI=1S/C15H22N4O/c1-12(20)11-19-7-4-13(5-8-19)10-18-15-14(9-16)3-2-6-17-15/h2-3,6,12-13,20H,4-5,7-8,10-11H2,1H3,(H,17,18). The van der Waals surface area contributed by atoms with Crippen molar-refractivity contribution in [2.24, 2.45) is 5.92 Å². The van der Waals surface area contributed by atoms with E-state index in [4.69, 9.17) is 5.26 Å². The summed E-state index contributed by atoms with van der Waals surface area (Å²) in [5, 5.41) is 21.7. The van der Waals surface area contributed by atoms with E-state index in [0.29, 0.717) is 17.3 Å². The van der Waals surface area contributed by atoms with Gasteiger partial charge in [-0.25, -0.2) is 4.98 Å². The number of hydrogen-bond donors (Lipinski definition) is 2. The molecule has 2 heterocycles. The first kappa shape index (κ1) is 14.8. The highest BCUT2D eigenvalue weighted by molar-refractivity contribution is 5.51. The first-order valence-corrected chi connectivity index (χ1v) is 7.18. The Morgan fingerprint density at radius 2 is 2.30 bits per heavy atom. The summed E-state index contributed by atoms with van der Waals surface area (Å²) in [6, 6.07) is 5.71. The fourth-order valence-electron chi connectivity index (χ4n) is 2.62. The van der Waals surface area contributed by atoms with Crippen molar-refractivity contribution in [2.75, 3.05) is 31.5 Å². The van der Waals surface area contributed by atoms with Gasteiger partial charge < -0.3 is 15.3 Å². The third-order valence-electron chi connectivity index (χ3n) is 3.72. The molecule has 0 radical (unpaired) electrons. The Hall–Kier alpha value is -1.64. The predicted octanol–water partition coefficient (Wildman–Crippen LogP) is 1.46. The lowest BCUT2D eigenvalue weighted by atomic mass is 9.96. The van der Waals surface area contributed by atoms with Crippen molar-refractivity contribution in [1.82, 2.24) is 9.88 Å². The molecule has 2 N–H and O–H groups in total. The molecule has 2 rings (SSSR count). The number of anilines is 1. The molecule has 0 saturated carbocycles. The summed E-state index contributed by atoms with van der Waals surface area (Å²) in [7, 11) is 0. The maximum absolute atomic E-state index is 9.39. The van der Waals surface area contributed by atoms with Crippen LogP contribution in [0.3, 0.4) is 0 Å². The van der Waals surface area contributed by atoms with Gasteiger partial charge in [0, 0.05) is 19.3 Å². The summed E-state index contributed by atoms with van der Waals surface area (Å²) in [6.45, 7) is 5.51. The minimum Gasteiger partial charge on any atom is -0.392 e. The highest BCUT2D eigenvalue weighted by Gasteiger charge is 2.20. The van der Waals surface area contributed by atoms with Crippen LogP contribution in [0.1, 0.15) is 25.3 Å². The number of likely N-dealkylation sites (tertiary alicyclic amines) is 1. The maximum Gasteiger partial charge on any atom is 0.143 e. The Morgan fingerprint density at radius 3 is 2.95 bits per heavy atom. The van der Waals surface area contributed by atoms with E-state index >= 15 is 0 Å². The molecule has 1 unspecified atom stereocenters. The van der Waals surface area contributed by atoms with Crippen LogP contribution in [0, 0.1) is 17.2 Å². The molecule has 5 heteroatoms. The van der Waals surface area contributed by atoms with Gasteiger partial charge in [-0.05, 0) is 50.9 Å². The summed E-state index contributed by atoms with van der Waals surface area (Å²) in [5.41, 5.74) is 0.596. The van der Waals surface area contributed by atoms with Crippen molar-refractivity contribution in [3.05, 3.63) is 23.9 Å². The number of aliphatic hydroxyl groups is 1. The van der Waals surface area contributed by atoms with Gasteiger partial charge in [-0.1, -0.05) is 0 Å². The molecule has 1 aliphatic heterocycles. The Bertz CT molecular complexity index is 461. The van der Waals surface area contributed by atoms with Gasteiger partial charge in [-0.3, -0.25) is 0 Å². The van der Waals surface area contributed by atoms with E-state index < -0.39 is 0 Å². The van der Waals surface area contributed by atoms with Gasteiger partial charge in [0.05, 0.1) is 11.7 Å². The number of nitrogens with one attached hydrogen (secondary N) is 1. The third-order valence-corrected chi connectivity index (χ3v) is 3.72. The lowest BCUT2D eigenvalue weighted by Crippen LogP contribution is -2.39. The lowest BCUT2D eigenvalue weighted by molar-refractivity contribution is 0.102. The highest BCUT2D eigenvalue weighted by Crippen LogP contribution is 2.19. The molecular formula is C15H22N4O. The first-order valence-electron chi connectivity index (χ1n) is 7.18. The van der Waals surface area contributed by atoms with Gasteiger partial charge in [-0.15, -0.1) is 0 Å². The van der Waals surface area contributed by atoms with Crippen LogP contribution in [0.5, 0.6) is 0 Å². The van der Waals surface area contributed by atoms with Crippen LogP contribution in [0.4, 0.5) is 5.82 Å². The number of hydrogen-bond acceptors (Lipinski definition) is 5. The number of rotatable bonds is 5. The van der Waals surface area contributed by atoms with Crippen LogP contribution in [0.15, 0.2) is 18.3 Å². The number of β-amino-alcohol motifs (C(OH)–C–C–N with tert-alkyl or cyclic N) is 1. The number of aromatic nitrogens is 1. The molecule has 1 saturated heterocycles. The fraction of sp³-hybridized carbons (Fsp3) is 0.600. The summed E-state index contributed by atoms with van der Waals surface area (Å²) in [6.07, 6.45) is 3.69. The normalized spacial score (nSPS) is 18.4. The Balaban J connectivity index is 1.78. The molecule has 1 fully saturated rings. The Labute approximate surface area is 120 Å². The minimum atomic E-state index is -0.253. The molecule has 0 spiro atoms. The van der Waals surface area contributed by atoms with E-state index in [9.17, 15) is 5.11 Å². The van der Waals surface area contributed by atoms with Crippen LogP contribution in [0.25, 0.3) is 0 Å². The highest BCUT2D eigenvalue weighted by atomic mass is 16.3. The van der Waals surface area contributed by atoms with Crippen LogP contribution in [-0.4, -0.2) is 47.3 Å². The molecular weight excluding hydrogens is 252 g/mol. The number of aliphatic hydroxyl groups excluding tert-OH is 1.